The molecule has 4 atom stereocenters. The van der Waals surface area contributed by atoms with E-state index in [2.05, 4.69) is 56.6 Å². The number of rotatable bonds is 6. The summed E-state index contributed by atoms with van der Waals surface area (Å²) in [5.41, 5.74) is 14.1. The summed E-state index contributed by atoms with van der Waals surface area (Å²) >= 11 is 0. The molecule has 13 heterocycles. The van der Waals surface area contributed by atoms with E-state index in [9.17, 15) is 39.6 Å². The summed E-state index contributed by atoms with van der Waals surface area (Å²) < 4.78 is 11.3. The number of ether oxygens (including phenoxy) is 2. The number of aromatic nitrogens is 3. The molecule has 19 rings (SSSR count). The van der Waals surface area contributed by atoms with Crippen molar-refractivity contribution in [1.29, 1.82) is 0 Å². The fourth-order valence-corrected chi connectivity index (χ4v) is 15.8. The number of amidine groups is 4. The lowest BCUT2D eigenvalue weighted by molar-refractivity contribution is 0.0600. The van der Waals surface area contributed by atoms with Gasteiger partial charge in [-0.05, 0) is 216 Å². The lowest BCUT2D eigenvalue weighted by atomic mass is 9.86. The van der Waals surface area contributed by atoms with E-state index >= 15 is 0 Å². The third-order valence-corrected chi connectivity index (χ3v) is 22.8. The largest absolute Gasteiger partial charge is 0.490 e. The van der Waals surface area contributed by atoms with Crippen molar-refractivity contribution >= 4 is 114 Å². The number of anilines is 6. The van der Waals surface area contributed by atoms with Gasteiger partial charge in [0.1, 0.15) is 42.3 Å². The molecule has 550 valence electrons. The third kappa shape index (κ3) is 11.8. The van der Waals surface area contributed by atoms with E-state index < -0.39 is 22.4 Å². The molecule has 9 aromatic rings. The highest BCUT2D eigenvalue weighted by Gasteiger charge is 2.56. The quantitative estimate of drug-likeness (QED) is 0.0901. The number of nitrogens with zero attached hydrogens (tertiary/aromatic N) is 11. The molecule has 0 saturated carbocycles. The number of carbonyl (C=O) groups is 4. The van der Waals surface area contributed by atoms with Crippen LogP contribution in [0.3, 0.4) is 0 Å². The standard InChI is InChI=1S/C24H23N3O2.C21H21N3O3.C20H20N4O3.C20H21N3O2/c1-4-17-6-5-16-13-18(7-8-20(16)25-17)27-10-9-24(29)22(28)19-11-14(2)15(3)12-21(19)26-23(24)27;1-12-9-15-16(10-13(12)2)23-20-21(26,19(15)25)5-7-24(20)14-3-4-18-17(11-14)22-6-8-27-18;1-11-7-14-15(8-12(11)2)23-19-20(26,17(14)25)3-5-24(19)13-9-16-18(22-10-13)21-4-6-27-16;1-4-14-11-15(5-7-21-14)23-8-6-20(25)18(24)16-9-12(2)13(3)10-17(16)22-19(20)23/h5-8,11-13,29H,4,9-10H2,1-3H3;3-4,9-11,22,26H,5-8H2,1-2H3;7-10,26H,3-6H2,1-2H3,(H,21,22);5,7,9-11,25H,4,6,8H2,1-3H3/t24-;21-;2*20-/m1111/s1. The number of nitrogens with one attached hydrogen (secondary N) is 2. The van der Waals surface area contributed by atoms with Crippen LogP contribution in [0.4, 0.5) is 57.0 Å². The molecule has 108 heavy (non-hydrogen) atoms. The number of pyridine rings is 3. The lowest BCUT2D eigenvalue weighted by Crippen LogP contribution is -2.48. The predicted octanol–water partition coefficient (Wildman–Crippen LogP) is 12.8. The van der Waals surface area contributed by atoms with Gasteiger partial charge in [0.2, 0.25) is 23.1 Å². The van der Waals surface area contributed by atoms with Crippen molar-refractivity contribution in [2.24, 2.45) is 20.0 Å². The van der Waals surface area contributed by atoms with Gasteiger partial charge in [0, 0.05) is 127 Å². The first-order valence-electron chi connectivity index (χ1n) is 37.0. The monoisotopic (exact) mass is 1450 g/mol. The topological polar surface area (TPSA) is 293 Å². The van der Waals surface area contributed by atoms with Crippen molar-refractivity contribution in [3.8, 4) is 11.5 Å². The Morgan fingerprint density at radius 1 is 0.407 bits per heavy atom. The number of Topliss-reactive ketones (excluding diaryl/α,β-unsaturated/α-hetero) is 4. The average Bonchev–Trinajstić information content (AvgIpc) is 1.54. The van der Waals surface area contributed by atoms with Crippen molar-refractivity contribution in [2.75, 3.05) is 82.7 Å². The van der Waals surface area contributed by atoms with Crippen LogP contribution in [0.15, 0.2) is 148 Å². The maximum Gasteiger partial charge on any atom is 0.204 e. The van der Waals surface area contributed by atoms with Gasteiger partial charge in [0.15, 0.2) is 34.0 Å². The second kappa shape index (κ2) is 26.8. The number of aliphatic hydroxyl groups is 4. The lowest BCUT2D eigenvalue weighted by Gasteiger charge is -2.30. The van der Waals surface area contributed by atoms with Gasteiger partial charge in [-0.2, -0.15) is 0 Å². The zero-order valence-corrected chi connectivity index (χ0v) is 62.2. The Kier molecular flexibility index (Phi) is 17.6. The SMILES string of the molecule is CCc1cc(N2CC[C@@]3(O)C(=O)c4cc(C)c(C)cc4N=C23)ccn1.CCc1ccc2cc(N3CC[C@@]4(O)C(=O)c5cc(C)c(C)cc5N=C34)ccc2n1.Cc1cc2c(cc1C)C(=O)[C@]1(O)CCN(c3ccc4c(c3)NCCO4)C1=N2.Cc1cc2c(cc1C)C(=O)[C@]1(O)CCN(c3cnc4c(c3)OCCN4)C1=N2. The highest BCUT2D eigenvalue weighted by molar-refractivity contribution is 6.31. The van der Waals surface area contributed by atoms with E-state index in [1.54, 1.807) is 12.4 Å². The zero-order valence-electron chi connectivity index (χ0n) is 62.2. The summed E-state index contributed by atoms with van der Waals surface area (Å²) in [5, 5.41) is 52.3. The van der Waals surface area contributed by atoms with Gasteiger partial charge in [-0.25, -0.2) is 25.0 Å². The first-order chi connectivity index (χ1) is 51.8. The maximum atomic E-state index is 13.2. The summed E-state index contributed by atoms with van der Waals surface area (Å²) in [6.07, 6.45) is 6.52. The molecule has 23 heteroatoms. The van der Waals surface area contributed by atoms with Gasteiger partial charge in [-0.1, -0.05) is 19.9 Å². The number of benzene rings is 6. The molecule has 0 aliphatic carbocycles. The molecule has 0 unspecified atom stereocenters. The minimum atomic E-state index is -1.59. The van der Waals surface area contributed by atoms with Crippen LogP contribution in [0.2, 0.25) is 0 Å². The van der Waals surface area contributed by atoms with Crippen molar-refractivity contribution in [2.45, 2.75) is 130 Å². The molecular weight excluding hydrogens is 1360 g/mol. The van der Waals surface area contributed by atoms with E-state index in [4.69, 9.17) is 24.5 Å². The van der Waals surface area contributed by atoms with Gasteiger partial charge < -0.3 is 60.1 Å². The molecule has 10 aliphatic heterocycles. The first kappa shape index (κ1) is 70.9. The summed E-state index contributed by atoms with van der Waals surface area (Å²) in [6, 6.07) is 36.8. The van der Waals surface area contributed by atoms with Gasteiger partial charge in [0.25, 0.3) is 0 Å². The molecule has 0 bridgehead atoms. The average molecular weight is 1450 g/mol. The fraction of sp³-hybridized carbons (Fsp3) is 0.329. The molecule has 4 fully saturated rings. The van der Waals surface area contributed by atoms with Crippen LogP contribution in [0.1, 0.15) is 137 Å². The molecule has 4 saturated heterocycles. The van der Waals surface area contributed by atoms with Crippen molar-refractivity contribution < 1.29 is 49.1 Å². The van der Waals surface area contributed by atoms with Gasteiger partial charge in [-0.3, -0.25) is 29.1 Å². The first-order valence-corrected chi connectivity index (χ1v) is 37.0. The second-order valence-corrected chi connectivity index (χ2v) is 29.6. The minimum Gasteiger partial charge on any atom is -0.490 e. The summed E-state index contributed by atoms with van der Waals surface area (Å²) in [6.45, 7) is 24.8. The molecular formula is C85H85N13O10. The molecule has 10 aliphatic rings. The van der Waals surface area contributed by atoms with Crippen LogP contribution >= 0.6 is 0 Å². The maximum absolute atomic E-state index is 13.2. The molecule has 0 radical (unpaired) electrons. The van der Waals surface area contributed by atoms with Crippen LogP contribution in [0.5, 0.6) is 11.5 Å². The second-order valence-electron chi connectivity index (χ2n) is 29.6. The zero-order chi connectivity index (χ0) is 75.6. The van der Waals surface area contributed by atoms with Crippen LogP contribution in [0, 0.1) is 55.4 Å². The third-order valence-electron chi connectivity index (χ3n) is 22.8. The molecule has 3 aromatic heterocycles. The van der Waals surface area contributed by atoms with E-state index in [1.165, 1.54) is 0 Å². The molecule has 23 nitrogen and oxygen atoms in total. The van der Waals surface area contributed by atoms with Crippen LogP contribution < -0.4 is 39.7 Å². The van der Waals surface area contributed by atoms with E-state index in [-0.39, 0.29) is 23.1 Å². The number of fused-ring (bicyclic) bond motifs is 11. The number of carbonyl (C=O) groups excluding carboxylic acids is 4. The van der Waals surface area contributed by atoms with Gasteiger partial charge >= 0.3 is 0 Å². The molecule has 6 aromatic carbocycles. The van der Waals surface area contributed by atoms with Crippen molar-refractivity contribution in [3.05, 3.63) is 206 Å². The van der Waals surface area contributed by atoms with Crippen LogP contribution in [0.25, 0.3) is 10.9 Å². The van der Waals surface area contributed by atoms with Crippen LogP contribution in [-0.4, -0.2) is 157 Å². The Bertz CT molecular complexity index is 5330. The van der Waals surface area contributed by atoms with Gasteiger partial charge in [-0.15, -0.1) is 0 Å². The number of hydrogen-bond donors (Lipinski definition) is 6. The number of ketones is 4. The van der Waals surface area contributed by atoms with E-state index in [1.807, 2.05) is 178 Å². The minimum absolute atomic E-state index is 0.247. The summed E-state index contributed by atoms with van der Waals surface area (Å²) in [4.78, 5) is 92.3. The fourth-order valence-electron chi connectivity index (χ4n) is 15.8. The van der Waals surface area contributed by atoms with Crippen LogP contribution in [-0.2, 0) is 12.8 Å². The Hall–Kier alpha value is -11.4. The smallest absolute Gasteiger partial charge is 0.204 e. The predicted molar refractivity (Wildman–Crippen MR) is 420 cm³/mol. The number of hydrogen-bond acceptors (Lipinski definition) is 23. The summed E-state index contributed by atoms with van der Waals surface area (Å²) in [5.74, 6) is 2.80. The summed E-state index contributed by atoms with van der Waals surface area (Å²) in [7, 11) is 0. The highest BCUT2D eigenvalue weighted by atomic mass is 16.5. The van der Waals surface area contributed by atoms with E-state index in [0.717, 1.165) is 127 Å². The Morgan fingerprint density at radius 3 is 1.26 bits per heavy atom. The Morgan fingerprint density at radius 2 is 0.806 bits per heavy atom. The molecule has 0 amide bonds. The Labute approximate surface area is 625 Å². The number of aliphatic imine (C=N–C) groups is 4. The molecule has 0 spiro atoms. The van der Waals surface area contributed by atoms with E-state index in [0.29, 0.717) is 145 Å². The number of aryl methyl sites for hydroxylation is 10. The van der Waals surface area contributed by atoms with Crippen molar-refractivity contribution in [3.63, 3.8) is 0 Å². The Balaban J connectivity index is 0.000000110. The normalized spacial score (nSPS) is 22.1. The van der Waals surface area contributed by atoms with Gasteiger partial charge in [0.05, 0.1) is 52.4 Å². The highest BCUT2D eigenvalue weighted by Crippen LogP contribution is 2.47. The van der Waals surface area contributed by atoms with Crippen molar-refractivity contribution in [1.82, 2.24) is 15.0 Å². The molecule has 6 N–H and O–H groups in total.